The molecule has 1 aromatic carbocycles. The molecule has 1 aliphatic rings. The monoisotopic (exact) mass is 494 g/mol. The molecule has 3 heterocycles. The molecule has 9 heteroatoms. The van der Waals surface area contributed by atoms with Gasteiger partial charge in [-0.15, -0.1) is 0 Å². The minimum atomic E-state index is -4.24. The molecule has 1 aliphatic heterocycles. The number of amides is 1. The summed E-state index contributed by atoms with van der Waals surface area (Å²) in [5, 5.41) is -0.298. The van der Waals surface area contributed by atoms with Crippen LogP contribution in [0.2, 0.25) is 0 Å². The van der Waals surface area contributed by atoms with Crippen molar-refractivity contribution in [2.45, 2.75) is 51.3 Å². The number of ether oxygens (including phenoxy) is 1. The predicted molar refractivity (Wildman–Crippen MR) is 134 cm³/mol. The van der Waals surface area contributed by atoms with Gasteiger partial charge in [0.1, 0.15) is 12.4 Å². The number of aromatic nitrogens is 2. The molecule has 0 radical (unpaired) electrons. The highest BCUT2D eigenvalue weighted by Crippen LogP contribution is 2.37. The fraction of sp³-hybridized carbons (Fsp3) is 0.346. The van der Waals surface area contributed by atoms with Crippen LogP contribution in [-0.4, -0.2) is 36.4 Å². The van der Waals surface area contributed by atoms with Crippen LogP contribution in [0.15, 0.2) is 65.8 Å². The average Bonchev–Trinajstić information content (AvgIpc) is 3.10. The van der Waals surface area contributed by atoms with Crippen molar-refractivity contribution in [3.8, 4) is 5.88 Å². The standard InChI is InChI=1S/C26H30N4O4S/c1-18-15-26(3,4)30(16-18)24-21(11-8-14-27-24)25(31)29-35(32,33)23-13-7-12-22(28-23)34-17-20-10-6-5-9-19(20)2/h5-14,18H,15-17H2,1-4H3,(H,29,31). The van der Waals surface area contributed by atoms with E-state index in [0.717, 1.165) is 24.1 Å². The third-order valence-electron chi connectivity index (χ3n) is 6.20. The lowest BCUT2D eigenvalue weighted by Crippen LogP contribution is -2.41. The average molecular weight is 495 g/mol. The minimum Gasteiger partial charge on any atom is -0.473 e. The summed E-state index contributed by atoms with van der Waals surface area (Å²) in [6.45, 7) is 9.29. The second-order valence-corrected chi connectivity index (χ2v) is 11.2. The normalized spacial score (nSPS) is 17.3. The molecule has 1 atom stereocenters. The lowest BCUT2D eigenvalue weighted by Gasteiger charge is -2.33. The van der Waals surface area contributed by atoms with Crippen molar-refractivity contribution in [2.75, 3.05) is 11.4 Å². The number of sulfonamides is 1. The molecular formula is C26H30N4O4S. The van der Waals surface area contributed by atoms with Crippen molar-refractivity contribution in [2.24, 2.45) is 5.92 Å². The van der Waals surface area contributed by atoms with E-state index in [1.807, 2.05) is 31.2 Å². The van der Waals surface area contributed by atoms with E-state index in [9.17, 15) is 13.2 Å². The van der Waals surface area contributed by atoms with E-state index in [1.165, 1.54) is 12.1 Å². The maximum Gasteiger partial charge on any atom is 0.281 e. The maximum atomic E-state index is 13.1. The Bertz CT molecular complexity index is 1340. The number of carbonyl (C=O) groups is 1. The van der Waals surface area contributed by atoms with Crippen molar-refractivity contribution in [3.05, 3.63) is 77.5 Å². The minimum absolute atomic E-state index is 0.151. The first kappa shape index (κ1) is 24.7. The molecule has 1 unspecified atom stereocenters. The molecule has 1 fully saturated rings. The second kappa shape index (κ2) is 9.65. The van der Waals surface area contributed by atoms with Crippen LogP contribution < -0.4 is 14.4 Å². The van der Waals surface area contributed by atoms with Crippen LogP contribution in [0.5, 0.6) is 5.88 Å². The third kappa shape index (κ3) is 5.45. The van der Waals surface area contributed by atoms with Crippen molar-refractivity contribution < 1.29 is 17.9 Å². The second-order valence-electron chi connectivity index (χ2n) is 9.57. The lowest BCUT2D eigenvalue weighted by molar-refractivity contribution is 0.0981. The van der Waals surface area contributed by atoms with Crippen LogP contribution >= 0.6 is 0 Å². The van der Waals surface area contributed by atoms with Gasteiger partial charge >= 0.3 is 0 Å². The summed E-state index contributed by atoms with van der Waals surface area (Å²) >= 11 is 0. The highest BCUT2D eigenvalue weighted by atomic mass is 32.2. The Morgan fingerprint density at radius 1 is 1.14 bits per heavy atom. The van der Waals surface area contributed by atoms with Crippen LogP contribution in [0.25, 0.3) is 0 Å². The first-order chi connectivity index (χ1) is 16.6. The number of anilines is 1. The van der Waals surface area contributed by atoms with E-state index >= 15 is 0 Å². The van der Waals surface area contributed by atoms with E-state index < -0.39 is 15.9 Å². The summed E-state index contributed by atoms with van der Waals surface area (Å²) in [5.41, 5.74) is 2.03. The van der Waals surface area contributed by atoms with Gasteiger partial charge in [0, 0.05) is 24.3 Å². The first-order valence-corrected chi connectivity index (χ1v) is 13.0. The predicted octanol–water partition coefficient (Wildman–Crippen LogP) is 4.11. The summed E-state index contributed by atoms with van der Waals surface area (Å²) in [6.07, 6.45) is 2.55. The fourth-order valence-electron chi connectivity index (χ4n) is 4.53. The Balaban J connectivity index is 1.53. The number of hydrogen-bond acceptors (Lipinski definition) is 7. The van der Waals surface area contributed by atoms with Gasteiger partial charge in [-0.2, -0.15) is 13.4 Å². The van der Waals surface area contributed by atoms with Crippen LogP contribution in [0.3, 0.4) is 0 Å². The van der Waals surface area contributed by atoms with E-state index in [0.29, 0.717) is 11.7 Å². The Kier molecular flexibility index (Phi) is 6.80. The number of pyridine rings is 2. The molecule has 1 amide bonds. The first-order valence-electron chi connectivity index (χ1n) is 11.5. The number of carbonyl (C=O) groups excluding carboxylic acids is 1. The van der Waals surface area contributed by atoms with Gasteiger partial charge in [0.15, 0.2) is 5.03 Å². The summed E-state index contributed by atoms with van der Waals surface area (Å²) < 4.78 is 33.9. The molecule has 0 bridgehead atoms. The quantitative estimate of drug-likeness (QED) is 0.527. The summed E-state index contributed by atoms with van der Waals surface area (Å²) in [5.74, 6) is 0.297. The summed E-state index contributed by atoms with van der Waals surface area (Å²) in [7, 11) is -4.24. The van der Waals surface area contributed by atoms with Crippen molar-refractivity contribution in [1.29, 1.82) is 0 Å². The Hall–Kier alpha value is -3.46. The maximum absolute atomic E-state index is 13.1. The van der Waals surface area contributed by atoms with Crippen molar-refractivity contribution >= 4 is 21.7 Å². The van der Waals surface area contributed by atoms with Gasteiger partial charge in [0.25, 0.3) is 15.9 Å². The molecule has 1 N–H and O–H groups in total. The number of aryl methyl sites for hydroxylation is 1. The fourth-order valence-corrected chi connectivity index (χ4v) is 5.45. The molecule has 0 aliphatic carbocycles. The Labute approximate surface area is 206 Å². The van der Waals surface area contributed by atoms with Crippen LogP contribution in [0.1, 0.15) is 48.7 Å². The van der Waals surface area contributed by atoms with Crippen LogP contribution in [-0.2, 0) is 16.6 Å². The summed E-state index contributed by atoms with van der Waals surface area (Å²) in [4.78, 5) is 23.7. The molecule has 4 rings (SSSR count). The van der Waals surface area contributed by atoms with Crippen LogP contribution in [0, 0.1) is 12.8 Å². The molecule has 0 saturated carbocycles. The molecule has 1 saturated heterocycles. The summed E-state index contributed by atoms with van der Waals surface area (Å²) in [6, 6.07) is 15.4. The highest BCUT2D eigenvalue weighted by molar-refractivity contribution is 7.90. The molecule has 3 aromatic rings. The number of benzene rings is 1. The molecule has 35 heavy (non-hydrogen) atoms. The molecule has 8 nitrogen and oxygen atoms in total. The smallest absolute Gasteiger partial charge is 0.281 e. The number of rotatable bonds is 7. The van der Waals surface area contributed by atoms with Gasteiger partial charge < -0.3 is 9.64 Å². The van der Waals surface area contributed by atoms with Gasteiger partial charge in [-0.05, 0) is 62.4 Å². The zero-order chi connectivity index (χ0) is 25.2. The zero-order valence-corrected chi connectivity index (χ0v) is 21.2. The topological polar surface area (TPSA) is 101 Å². The van der Waals surface area contributed by atoms with Crippen LogP contribution in [0.4, 0.5) is 5.82 Å². The zero-order valence-electron chi connectivity index (χ0n) is 20.4. The third-order valence-corrected chi connectivity index (χ3v) is 7.43. The van der Waals surface area contributed by atoms with E-state index in [-0.39, 0.29) is 28.6 Å². The SMILES string of the molecule is Cc1ccccc1COc1cccc(S(=O)(=O)NC(=O)c2cccnc2N2CC(C)CC2(C)C)n1. The van der Waals surface area contributed by atoms with Gasteiger partial charge in [-0.1, -0.05) is 37.3 Å². The number of nitrogens with zero attached hydrogens (tertiary/aromatic N) is 3. The van der Waals surface area contributed by atoms with Gasteiger partial charge in [0.2, 0.25) is 5.88 Å². The van der Waals surface area contributed by atoms with E-state index in [1.54, 1.807) is 24.4 Å². The molecule has 184 valence electrons. The van der Waals surface area contributed by atoms with E-state index in [4.69, 9.17) is 4.74 Å². The number of hydrogen-bond donors (Lipinski definition) is 1. The van der Waals surface area contributed by atoms with Gasteiger partial charge in [-0.3, -0.25) is 4.79 Å². The van der Waals surface area contributed by atoms with E-state index in [2.05, 4.69) is 40.4 Å². The number of nitrogens with one attached hydrogen (secondary N) is 1. The largest absolute Gasteiger partial charge is 0.473 e. The molecule has 2 aromatic heterocycles. The van der Waals surface area contributed by atoms with Gasteiger partial charge in [0.05, 0.1) is 5.56 Å². The van der Waals surface area contributed by atoms with Crippen molar-refractivity contribution in [3.63, 3.8) is 0 Å². The Morgan fingerprint density at radius 2 is 1.91 bits per heavy atom. The molecule has 0 spiro atoms. The molecular weight excluding hydrogens is 464 g/mol. The highest BCUT2D eigenvalue weighted by Gasteiger charge is 2.39. The van der Waals surface area contributed by atoms with Gasteiger partial charge in [-0.25, -0.2) is 9.71 Å². The lowest BCUT2D eigenvalue weighted by atomic mass is 9.97. The van der Waals surface area contributed by atoms with Crippen molar-refractivity contribution in [1.82, 2.24) is 14.7 Å². The Morgan fingerprint density at radius 3 is 2.63 bits per heavy atom.